The van der Waals surface area contributed by atoms with E-state index < -0.39 is 0 Å². The summed E-state index contributed by atoms with van der Waals surface area (Å²) in [7, 11) is 0. The van der Waals surface area contributed by atoms with E-state index in [9.17, 15) is 4.79 Å². The third-order valence-electron chi connectivity index (χ3n) is 3.95. The van der Waals surface area contributed by atoms with E-state index in [1.807, 2.05) is 6.07 Å². The van der Waals surface area contributed by atoms with Crippen LogP contribution in [0.4, 0.5) is 0 Å². The van der Waals surface area contributed by atoms with Crippen LogP contribution in [0.1, 0.15) is 24.5 Å². The second-order valence-electron chi connectivity index (χ2n) is 5.32. The van der Waals surface area contributed by atoms with Crippen LogP contribution in [0, 0.1) is 0 Å². The molecule has 1 saturated heterocycles. The van der Waals surface area contributed by atoms with Gasteiger partial charge in [0.25, 0.3) is 5.56 Å². The van der Waals surface area contributed by atoms with Crippen molar-refractivity contribution in [2.45, 2.75) is 18.8 Å². The first-order chi connectivity index (χ1) is 11.2. The van der Waals surface area contributed by atoms with Crippen LogP contribution < -0.4 is 5.56 Å². The number of fused-ring (bicyclic) bond motifs is 1. The Morgan fingerprint density at radius 3 is 2.78 bits per heavy atom. The molecule has 0 spiro atoms. The molecule has 23 heavy (non-hydrogen) atoms. The second-order valence-corrected chi connectivity index (χ2v) is 6.63. The zero-order valence-electron chi connectivity index (χ0n) is 12.1. The van der Waals surface area contributed by atoms with Crippen LogP contribution in [-0.2, 0) is 4.74 Å². The van der Waals surface area contributed by atoms with Crippen molar-refractivity contribution < 1.29 is 4.74 Å². The third kappa shape index (κ3) is 2.65. The van der Waals surface area contributed by atoms with Gasteiger partial charge in [-0.05, 0) is 30.5 Å². The fourth-order valence-corrected chi connectivity index (χ4v) is 4.22. The van der Waals surface area contributed by atoms with Gasteiger partial charge < -0.3 is 4.74 Å². The van der Waals surface area contributed by atoms with Crippen LogP contribution in [0.25, 0.3) is 15.5 Å². The van der Waals surface area contributed by atoms with Crippen LogP contribution in [-0.4, -0.2) is 32.6 Å². The average Bonchev–Trinajstić information content (AvgIpc) is 2.97. The first-order valence-electron chi connectivity index (χ1n) is 7.31. The quantitative estimate of drug-likeness (QED) is 0.666. The number of hydrogen-bond donors (Lipinski definition) is 0. The number of halogens is 1. The maximum Gasteiger partial charge on any atom is 0.258 e. The van der Waals surface area contributed by atoms with Crippen LogP contribution >= 0.6 is 22.9 Å². The normalized spacial score (nSPS) is 16.0. The van der Waals surface area contributed by atoms with Crippen LogP contribution in [0.5, 0.6) is 0 Å². The lowest BCUT2D eigenvalue weighted by atomic mass is 9.95. The fourth-order valence-electron chi connectivity index (χ4n) is 2.91. The van der Waals surface area contributed by atoms with Crippen molar-refractivity contribution in [3.05, 3.63) is 45.9 Å². The van der Waals surface area contributed by atoms with Gasteiger partial charge in [0.15, 0.2) is 4.96 Å². The predicted molar refractivity (Wildman–Crippen MR) is 88.2 cm³/mol. The van der Waals surface area contributed by atoms with Crippen molar-refractivity contribution in [2.75, 3.05) is 13.2 Å². The highest BCUT2D eigenvalue weighted by Crippen LogP contribution is 2.38. The number of hydrogen-bond acceptors (Lipinski definition) is 6. The molecular weight excluding hydrogens is 336 g/mol. The second kappa shape index (κ2) is 5.99. The molecule has 6 nitrogen and oxygen atoms in total. The minimum absolute atomic E-state index is 0.0702. The highest BCUT2D eigenvalue weighted by molar-refractivity contribution is 7.20. The minimum Gasteiger partial charge on any atom is -0.381 e. The summed E-state index contributed by atoms with van der Waals surface area (Å²) in [6.45, 7) is 1.39. The fraction of sp³-hybridized carbons (Fsp3) is 0.333. The first kappa shape index (κ1) is 14.7. The Morgan fingerprint density at radius 1 is 1.22 bits per heavy atom. The Kier molecular flexibility index (Phi) is 3.84. The third-order valence-corrected chi connectivity index (χ3v) is 5.22. The van der Waals surface area contributed by atoms with Gasteiger partial charge in [-0.1, -0.05) is 11.3 Å². The predicted octanol–water partition coefficient (Wildman–Crippen LogP) is 2.76. The molecule has 4 heterocycles. The van der Waals surface area contributed by atoms with E-state index in [1.54, 1.807) is 16.8 Å². The minimum atomic E-state index is -0.0702. The Bertz CT molecular complexity index is 917. The summed E-state index contributed by atoms with van der Waals surface area (Å²) in [6.07, 6.45) is 4.91. The highest BCUT2D eigenvalue weighted by atomic mass is 35.5. The SMILES string of the molecule is O=c1ccnc2sc(-c3ccnc(Cl)n3)c(C3CCOCC3)n12. The number of nitrogens with zero attached hydrogens (tertiary/aromatic N) is 4. The van der Waals surface area contributed by atoms with E-state index in [0.29, 0.717) is 18.2 Å². The van der Waals surface area contributed by atoms with Gasteiger partial charge in [0.2, 0.25) is 5.28 Å². The summed E-state index contributed by atoms with van der Waals surface area (Å²) >= 11 is 7.40. The molecule has 0 saturated carbocycles. The van der Waals surface area contributed by atoms with Gasteiger partial charge in [-0.2, -0.15) is 0 Å². The lowest BCUT2D eigenvalue weighted by molar-refractivity contribution is 0.0844. The highest BCUT2D eigenvalue weighted by Gasteiger charge is 2.26. The maximum atomic E-state index is 12.4. The molecule has 1 aliphatic heterocycles. The Balaban J connectivity index is 1.99. The molecule has 8 heteroatoms. The van der Waals surface area contributed by atoms with Gasteiger partial charge >= 0.3 is 0 Å². The number of thiazole rings is 1. The van der Waals surface area contributed by atoms with Gasteiger partial charge in [-0.3, -0.25) is 9.20 Å². The summed E-state index contributed by atoms with van der Waals surface area (Å²) in [5.41, 5.74) is 1.61. The van der Waals surface area contributed by atoms with Crippen LogP contribution in [0.2, 0.25) is 5.28 Å². The van der Waals surface area contributed by atoms with Crippen molar-refractivity contribution >= 4 is 27.9 Å². The van der Waals surface area contributed by atoms with Gasteiger partial charge in [-0.15, -0.1) is 0 Å². The lowest BCUT2D eigenvalue weighted by Crippen LogP contribution is -2.21. The Morgan fingerprint density at radius 2 is 2.00 bits per heavy atom. The average molecular weight is 349 g/mol. The molecule has 0 N–H and O–H groups in total. The summed E-state index contributed by atoms with van der Waals surface area (Å²) in [4.78, 5) is 26.6. The van der Waals surface area contributed by atoms with E-state index in [2.05, 4.69) is 15.0 Å². The summed E-state index contributed by atoms with van der Waals surface area (Å²) in [5, 5.41) is 0.193. The van der Waals surface area contributed by atoms with E-state index in [4.69, 9.17) is 16.3 Å². The maximum absolute atomic E-state index is 12.4. The molecule has 0 aliphatic carbocycles. The molecule has 0 radical (unpaired) electrons. The number of ether oxygens (including phenoxy) is 1. The zero-order valence-corrected chi connectivity index (χ0v) is 13.7. The Labute approximate surface area is 140 Å². The van der Waals surface area contributed by atoms with E-state index >= 15 is 0 Å². The van der Waals surface area contributed by atoms with Crippen molar-refractivity contribution in [3.8, 4) is 10.6 Å². The van der Waals surface area contributed by atoms with Gasteiger partial charge in [0, 0.05) is 37.6 Å². The molecule has 3 aromatic rings. The molecule has 0 aromatic carbocycles. The summed E-state index contributed by atoms with van der Waals surface area (Å²) < 4.78 is 7.16. The van der Waals surface area contributed by atoms with Crippen LogP contribution in [0.3, 0.4) is 0 Å². The standard InChI is InChI=1S/C15H13ClN4O2S/c16-14-17-5-1-10(19-14)13-12(9-3-7-22-8-4-9)20-11(21)2-6-18-15(20)23-13/h1-2,5-6,9H,3-4,7-8H2. The Hall–Kier alpha value is -1.83. The molecule has 4 rings (SSSR count). The molecule has 0 bridgehead atoms. The molecule has 3 aromatic heterocycles. The number of rotatable bonds is 2. The smallest absolute Gasteiger partial charge is 0.258 e. The number of aromatic nitrogens is 4. The first-order valence-corrected chi connectivity index (χ1v) is 8.50. The molecule has 1 aliphatic rings. The summed E-state index contributed by atoms with van der Waals surface area (Å²) in [6, 6.07) is 3.30. The topological polar surface area (TPSA) is 69.4 Å². The van der Waals surface area contributed by atoms with Crippen molar-refractivity contribution in [1.29, 1.82) is 0 Å². The van der Waals surface area contributed by atoms with E-state index in [-0.39, 0.29) is 16.8 Å². The molecule has 118 valence electrons. The van der Waals surface area contributed by atoms with Crippen molar-refractivity contribution in [2.24, 2.45) is 0 Å². The molecule has 0 unspecified atom stereocenters. The monoisotopic (exact) mass is 348 g/mol. The van der Waals surface area contributed by atoms with E-state index in [1.165, 1.54) is 17.4 Å². The molecular formula is C15H13ClN4O2S. The lowest BCUT2D eigenvalue weighted by Gasteiger charge is -2.22. The molecule has 0 atom stereocenters. The van der Waals surface area contributed by atoms with Crippen LogP contribution in [0.15, 0.2) is 29.3 Å². The van der Waals surface area contributed by atoms with Crippen molar-refractivity contribution in [3.63, 3.8) is 0 Å². The summed E-state index contributed by atoms with van der Waals surface area (Å²) in [5.74, 6) is 0.239. The molecule has 1 fully saturated rings. The van der Waals surface area contributed by atoms with Gasteiger partial charge in [0.05, 0.1) is 16.3 Å². The molecule has 0 amide bonds. The van der Waals surface area contributed by atoms with Gasteiger partial charge in [0.1, 0.15) is 0 Å². The largest absolute Gasteiger partial charge is 0.381 e. The van der Waals surface area contributed by atoms with Gasteiger partial charge in [-0.25, -0.2) is 15.0 Å². The van der Waals surface area contributed by atoms with Crippen molar-refractivity contribution in [1.82, 2.24) is 19.4 Å². The zero-order chi connectivity index (χ0) is 15.8. The van der Waals surface area contributed by atoms with E-state index in [0.717, 1.165) is 29.1 Å².